The minimum atomic E-state index is -3.26. The number of ether oxygens (including phenoxy) is 1. The first-order chi connectivity index (χ1) is 14.0. The SMILES string of the molecule is CCC1CN(C(=NC)NCCS(=O)(=O)N2CCOCC2)CCC1c1ccccc1. The summed E-state index contributed by atoms with van der Waals surface area (Å²) in [5.74, 6) is 2.00. The molecule has 1 aromatic carbocycles. The third-order valence-corrected chi connectivity index (χ3v) is 7.88. The van der Waals surface area contributed by atoms with Crippen molar-refractivity contribution >= 4 is 16.0 Å². The quantitative estimate of drug-likeness (QED) is 0.558. The molecule has 162 valence electrons. The van der Waals surface area contributed by atoms with Gasteiger partial charge in [0.1, 0.15) is 0 Å². The van der Waals surface area contributed by atoms with Crippen LogP contribution in [0.2, 0.25) is 0 Å². The van der Waals surface area contributed by atoms with Crippen molar-refractivity contribution in [3.8, 4) is 0 Å². The molecule has 3 rings (SSSR count). The molecule has 2 aliphatic heterocycles. The predicted octanol–water partition coefficient (Wildman–Crippen LogP) is 1.74. The topological polar surface area (TPSA) is 74.2 Å². The zero-order valence-electron chi connectivity index (χ0n) is 17.6. The van der Waals surface area contributed by atoms with Crippen LogP contribution in [-0.2, 0) is 14.8 Å². The molecule has 2 fully saturated rings. The maximum atomic E-state index is 12.5. The van der Waals surface area contributed by atoms with Gasteiger partial charge in [0.25, 0.3) is 0 Å². The molecular weight excluding hydrogens is 388 g/mol. The number of piperidine rings is 1. The first-order valence-corrected chi connectivity index (χ1v) is 12.2. The van der Waals surface area contributed by atoms with Gasteiger partial charge in [0, 0.05) is 39.8 Å². The van der Waals surface area contributed by atoms with Gasteiger partial charge in [-0.3, -0.25) is 4.99 Å². The average Bonchev–Trinajstić information content (AvgIpc) is 2.77. The van der Waals surface area contributed by atoms with Crippen LogP contribution in [0.1, 0.15) is 31.2 Å². The summed E-state index contributed by atoms with van der Waals surface area (Å²) >= 11 is 0. The number of guanidine groups is 1. The van der Waals surface area contributed by atoms with E-state index < -0.39 is 10.0 Å². The van der Waals surface area contributed by atoms with Crippen LogP contribution in [0, 0.1) is 5.92 Å². The molecule has 2 unspecified atom stereocenters. The van der Waals surface area contributed by atoms with Crippen molar-refractivity contribution in [1.82, 2.24) is 14.5 Å². The fraction of sp³-hybridized carbons (Fsp3) is 0.667. The van der Waals surface area contributed by atoms with Crippen molar-refractivity contribution in [2.24, 2.45) is 10.9 Å². The standard InChI is InChI=1S/C21H34N4O3S/c1-3-18-17-24(11-9-20(18)19-7-5-4-6-8-19)21(22-2)23-10-16-29(26,27)25-12-14-28-15-13-25/h4-8,18,20H,3,9-17H2,1-2H3,(H,22,23). The molecule has 8 heteroatoms. The van der Waals surface area contributed by atoms with Crippen LogP contribution in [0.4, 0.5) is 0 Å². The van der Waals surface area contributed by atoms with E-state index >= 15 is 0 Å². The second-order valence-corrected chi connectivity index (χ2v) is 9.81. The van der Waals surface area contributed by atoms with Crippen LogP contribution in [0.25, 0.3) is 0 Å². The van der Waals surface area contributed by atoms with E-state index in [1.54, 1.807) is 7.05 Å². The van der Waals surface area contributed by atoms with E-state index in [2.05, 4.69) is 52.5 Å². The van der Waals surface area contributed by atoms with Crippen LogP contribution in [0.3, 0.4) is 0 Å². The molecule has 7 nitrogen and oxygen atoms in total. The summed E-state index contributed by atoms with van der Waals surface area (Å²) in [4.78, 5) is 6.69. The van der Waals surface area contributed by atoms with Crippen LogP contribution < -0.4 is 5.32 Å². The van der Waals surface area contributed by atoms with Gasteiger partial charge in [-0.15, -0.1) is 0 Å². The van der Waals surface area contributed by atoms with E-state index in [1.807, 2.05) is 0 Å². The number of rotatable bonds is 6. The number of benzene rings is 1. The Morgan fingerprint density at radius 2 is 1.93 bits per heavy atom. The lowest BCUT2D eigenvalue weighted by molar-refractivity contribution is 0.0730. The molecule has 0 aromatic heterocycles. The molecule has 2 aliphatic rings. The smallest absolute Gasteiger partial charge is 0.215 e. The Labute approximate surface area is 175 Å². The van der Waals surface area contributed by atoms with Crippen LogP contribution in [0.5, 0.6) is 0 Å². The number of hydrogen-bond donors (Lipinski definition) is 1. The molecule has 1 aromatic rings. The first-order valence-electron chi connectivity index (χ1n) is 10.6. The van der Waals surface area contributed by atoms with Crippen molar-refractivity contribution in [2.45, 2.75) is 25.7 Å². The lowest BCUT2D eigenvalue weighted by Crippen LogP contribution is -2.50. The van der Waals surface area contributed by atoms with Gasteiger partial charge in [-0.05, 0) is 23.8 Å². The minimum Gasteiger partial charge on any atom is -0.379 e. The molecule has 0 saturated carbocycles. The summed E-state index contributed by atoms with van der Waals surface area (Å²) in [5, 5.41) is 3.27. The number of sulfonamides is 1. The Bertz CT molecular complexity index is 763. The van der Waals surface area contributed by atoms with Crippen molar-refractivity contribution < 1.29 is 13.2 Å². The molecule has 2 saturated heterocycles. The van der Waals surface area contributed by atoms with Gasteiger partial charge in [-0.25, -0.2) is 8.42 Å². The summed E-state index contributed by atoms with van der Waals surface area (Å²) in [6, 6.07) is 10.8. The van der Waals surface area contributed by atoms with E-state index in [4.69, 9.17) is 4.74 Å². The Kier molecular flexibility index (Phi) is 7.91. The normalized spacial score (nSPS) is 24.5. The Morgan fingerprint density at radius 3 is 2.59 bits per heavy atom. The van der Waals surface area contributed by atoms with E-state index in [9.17, 15) is 8.42 Å². The van der Waals surface area contributed by atoms with Gasteiger partial charge in [-0.1, -0.05) is 43.7 Å². The molecular formula is C21H34N4O3S. The predicted molar refractivity (Wildman–Crippen MR) is 117 cm³/mol. The number of aliphatic imine (C=N–C) groups is 1. The van der Waals surface area contributed by atoms with Crippen molar-refractivity contribution in [1.29, 1.82) is 0 Å². The maximum Gasteiger partial charge on any atom is 0.215 e. The second-order valence-electron chi connectivity index (χ2n) is 7.72. The third kappa shape index (κ3) is 5.71. The lowest BCUT2D eigenvalue weighted by Gasteiger charge is -2.40. The number of hydrogen-bond acceptors (Lipinski definition) is 4. The van der Waals surface area contributed by atoms with E-state index in [0.717, 1.165) is 31.9 Å². The highest BCUT2D eigenvalue weighted by Gasteiger charge is 2.31. The monoisotopic (exact) mass is 422 g/mol. The summed E-state index contributed by atoms with van der Waals surface area (Å²) < 4.78 is 31.8. The van der Waals surface area contributed by atoms with Crippen molar-refractivity contribution in [3.63, 3.8) is 0 Å². The molecule has 0 bridgehead atoms. The molecule has 0 aliphatic carbocycles. The highest BCUT2D eigenvalue weighted by Crippen LogP contribution is 2.34. The molecule has 0 amide bonds. The van der Waals surface area contributed by atoms with Crippen molar-refractivity contribution in [2.75, 3.05) is 58.7 Å². The summed E-state index contributed by atoms with van der Waals surface area (Å²) in [6.07, 6.45) is 2.19. The highest BCUT2D eigenvalue weighted by molar-refractivity contribution is 7.89. The minimum absolute atomic E-state index is 0.0731. The maximum absolute atomic E-state index is 12.5. The number of nitrogens with one attached hydrogen (secondary N) is 1. The van der Waals surface area contributed by atoms with Crippen LogP contribution in [0.15, 0.2) is 35.3 Å². The van der Waals surface area contributed by atoms with Gasteiger partial charge in [-0.2, -0.15) is 4.31 Å². The molecule has 29 heavy (non-hydrogen) atoms. The Balaban J connectivity index is 1.54. The lowest BCUT2D eigenvalue weighted by atomic mass is 9.79. The Hall–Kier alpha value is -1.64. The van der Waals surface area contributed by atoms with E-state index in [-0.39, 0.29) is 5.75 Å². The largest absolute Gasteiger partial charge is 0.379 e. The zero-order valence-corrected chi connectivity index (χ0v) is 18.4. The van der Waals surface area contributed by atoms with Crippen molar-refractivity contribution in [3.05, 3.63) is 35.9 Å². The molecule has 2 atom stereocenters. The van der Waals surface area contributed by atoms with Gasteiger partial charge >= 0.3 is 0 Å². The average molecular weight is 423 g/mol. The molecule has 0 radical (unpaired) electrons. The number of morpholine rings is 1. The highest BCUT2D eigenvalue weighted by atomic mass is 32.2. The summed E-state index contributed by atoms with van der Waals surface area (Å²) in [7, 11) is -1.49. The van der Waals surface area contributed by atoms with Gasteiger partial charge < -0.3 is 15.0 Å². The number of nitrogens with zero attached hydrogens (tertiary/aromatic N) is 3. The summed E-state index contributed by atoms with van der Waals surface area (Å²) in [6.45, 7) is 6.31. The zero-order chi connectivity index (χ0) is 20.7. The van der Waals surface area contributed by atoms with Crippen LogP contribution in [-0.4, -0.2) is 82.3 Å². The first kappa shape index (κ1) is 22.1. The molecule has 0 spiro atoms. The summed E-state index contributed by atoms with van der Waals surface area (Å²) in [5.41, 5.74) is 1.42. The molecule has 1 N–H and O–H groups in total. The van der Waals surface area contributed by atoms with E-state index in [0.29, 0.717) is 44.7 Å². The molecule has 2 heterocycles. The number of likely N-dealkylation sites (tertiary alicyclic amines) is 1. The van der Waals surface area contributed by atoms with Gasteiger partial charge in [0.15, 0.2) is 5.96 Å². The fourth-order valence-corrected chi connectivity index (χ4v) is 5.68. The third-order valence-electron chi connectivity index (χ3n) is 6.00. The fourth-order valence-electron chi connectivity index (χ4n) is 4.36. The van der Waals surface area contributed by atoms with Gasteiger partial charge in [0.05, 0.1) is 19.0 Å². The van der Waals surface area contributed by atoms with Crippen LogP contribution >= 0.6 is 0 Å². The second kappa shape index (κ2) is 10.4. The Morgan fingerprint density at radius 1 is 1.21 bits per heavy atom. The van der Waals surface area contributed by atoms with Gasteiger partial charge in [0.2, 0.25) is 10.0 Å². The van der Waals surface area contributed by atoms with E-state index in [1.165, 1.54) is 9.87 Å².